The van der Waals surface area contributed by atoms with Gasteiger partial charge in [-0.2, -0.15) is 13.2 Å². The van der Waals surface area contributed by atoms with Crippen LogP contribution in [0.3, 0.4) is 0 Å². The minimum absolute atomic E-state index is 0.0743. The smallest absolute Gasteiger partial charge is 0.330 e. The van der Waals surface area contributed by atoms with E-state index in [0.717, 1.165) is 48.2 Å². The van der Waals surface area contributed by atoms with Gasteiger partial charge in [-0.1, -0.05) is 11.8 Å². The minimum Gasteiger partial charge on any atom is -0.330 e. The van der Waals surface area contributed by atoms with Gasteiger partial charge in [0.2, 0.25) is 11.1 Å². The van der Waals surface area contributed by atoms with E-state index in [0.29, 0.717) is 11.1 Å². The molecule has 2 saturated carbocycles. The zero-order valence-electron chi connectivity index (χ0n) is 12.8. The summed E-state index contributed by atoms with van der Waals surface area (Å²) in [6.07, 6.45) is -0.441. The molecule has 2 aliphatic rings. The number of amides is 1. The maximum atomic E-state index is 12.7. The van der Waals surface area contributed by atoms with E-state index in [1.165, 1.54) is 0 Å². The van der Waals surface area contributed by atoms with Gasteiger partial charge in [0.1, 0.15) is 12.4 Å². The van der Waals surface area contributed by atoms with E-state index in [9.17, 15) is 18.0 Å². The molecule has 128 valence electrons. The van der Waals surface area contributed by atoms with Crippen molar-refractivity contribution < 1.29 is 18.0 Å². The van der Waals surface area contributed by atoms with Crippen LogP contribution in [0, 0.1) is 5.92 Å². The second kappa shape index (κ2) is 6.33. The van der Waals surface area contributed by atoms with Crippen molar-refractivity contribution in [2.75, 3.05) is 12.3 Å². The molecule has 0 aromatic carbocycles. The first-order valence-corrected chi connectivity index (χ1v) is 8.73. The van der Waals surface area contributed by atoms with Gasteiger partial charge >= 0.3 is 6.18 Å². The molecule has 0 spiro atoms. The SMILES string of the molecule is C[C@H](C1CC1)N(CC(F)(F)F)C(=O)CSc1n[nH]c(C2CC2)n1. The number of carbonyl (C=O) groups excluding carboxylic acids is 1. The highest BCUT2D eigenvalue weighted by Crippen LogP contribution is 2.38. The fourth-order valence-corrected chi connectivity index (χ4v) is 3.25. The number of rotatable bonds is 7. The van der Waals surface area contributed by atoms with E-state index in [2.05, 4.69) is 15.2 Å². The molecule has 2 aliphatic carbocycles. The van der Waals surface area contributed by atoms with Gasteiger partial charge in [0.05, 0.1) is 5.75 Å². The summed E-state index contributed by atoms with van der Waals surface area (Å²) in [4.78, 5) is 17.5. The van der Waals surface area contributed by atoms with Crippen LogP contribution in [0.15, 0.2) is 5.16 Å². The number of hydrogen-bond acceptors (Lipinski definition) is 4. The minimum atomic E-state index is -4.38. The average Bonchev–Trinajstić information content (AvgIpc) is 3.39. The molecule has 23 heavy (non-hydrogen) atoms. The van der Waals surface area contributed by atoms with E-state index in [-0.39, 0.29) is 17.7 Å². The number of hydrogen-bond donors (Lipinski definition) is 1. The molecule has 0 radical (unpaired) electrons. The first kappa shape index (κ1) is 16.6. The van der Waals surface area contributed by atoms with Crippen molar-refractivity contribution in [3.8, 4) is 0 Å². The number of thioether (sulfide) groups is 1. The van der Waals surface area contributed by atoms with Crippen LogP contribution in [0.2, 0.25) is 0 Å². The van der Waals surface area contributed by atoms with Crippen molar-refractivity contribution in [3.05, 3.63) is 5.82 Å². The first-order valence-electron chi connectivity index (χ1n) is 7.75. The van der Waals surface area contributed by atoms with Gasteiger partial charge in [0.25, 0.3) is 0 Å². The van der Waals surface area contributed by atoms with Crippen LogP contribution in [0.4, 0.5) is 13.2 Å². The summed E-state index contributed by atoms with van der Waals surface area (Å²) in [6.45, 7) is 0.509. The Bertz CT molecular complexity index is 569. The number of H-pyrrole nitrogens is 1. The van der Waals surface area contributed by atoms with Gasteiger partial charge in [0.15, 0.2) is 0 Å². The van der Waals surface area contributed by atoms with Crippen LogP contribution < -0.4 is 0 Å². The highest BCUT2D eigenvalue weighted by Gasteiger charge is 2.40. The Morgan fingerprint density at radius 3 is 2.65 bits per heavy atom. The van der Waals surface area contributed by atoms with Crippen molar-refractivity contribution in [3.63, 3.8) is 0 Å². The van der Waals surface area contributed by atoms with E-state index in [1.54, 1.807) is 6.92 Å². The Kier molecular flexibility index (Phi) is 4.57. The van der Waals surface area contributed by atoms with Gasteiger partial charge in [-0.15, -0.1) is 5.10 Å². The summed E-state index contributed by atoms with van der Waals surface area (Å²) in [5.74, 6) is 0.832. The number of aromatic nitrogens is 3. The highest BCUT2D eigenvalue weighted by atomic mass is 32.2. The third-order valence-corrected chi connectivity index (χ3v) is 5.07. The number of nitrogens with zero attached hydrogens (tertiary/aromatic N) is 3. The fourth-order valence-electron chi connectivity index (χ4n) is 2.56. The Labute approximate surface area is 136 Å². The summed E-state index contributed by atoms with van der Waals surface area (Å²) >= 11 is 1.09. The molecule has 1 amide bonds. The number of carbonyl (C=O) groups is 1. The normalized spacial score (nSPS) is 19.7. The quantitative estimate of drug-likeness (QED) is 0.770. The molecule has 5 nitrogen and oxygen atoms in total. The van der Waals surface area contributed by atoms with E-state index in [4.69, 9.17) is 0 Å². The Balaban J connectivity index is 1.57. The molecule has 0 unspecified atom stereocenters. The summed E-state index contributed by atoms with van der Waals surface area (Å²) in [5.41, 5.74) is 0. The second-order valence-corrected chi connectivity index (χ2v) is 7.22. The highest BCUT2D eigenvalue weighted by molar-refractivity contribution is 7.99. The molecule has 9 heteroatoms. The molecule has 0 aliphatic heterocycles. The van der Waals surface area contributed by atoms with Crippen molar-refractivity contribution in [1.29, 1.82) is 0 Å². The van der Waals surface area contributed by atoms with Gasteiger partial charge in [-0.3, -0.25) is 9.89 Å². The topological polar surface area (TPSA) is 61.9 Å². The van der Waals surface area contributed by atoms with Gasteiger partial charge in [-0.05, 0) is 38.5 Å². The van der Waals surface area contributed by atoms with Gasteiger partial charge in [-0.25, -0.2) is 4.98 Å². The average molecular weight is 348 g/mol. The molecule has 3 rings (SSSR count). The molecular weight excluding hydrogens is 329 g/mol. The molecule has 2 fully saturated rings. The zero-order valence-corrected chi connectivity index (χ0v) is 13.6. The first-order chi connectivity index (χ1) is 10.8. The predicted octanol–water partition coefficient (Wildman–Crippen LogP) is 2.96. The van der Waals surface area contributed by atoms with Crippen LogP contribution in [-0.4, -0.2) is 50.5 Å². The lowest BCUT2D eigenvalue weighted by Crippen LogP contribution is -2.46. The summed E-state index contributed by atoms with van der Waals surface area (Å²) in [7, 11) is 0. The summed E-state index contributed by atoms with van der Waals surface area (Å²) in [5, 5.41) is 7.26. The maximum Gasteiger partial charge on any atom is 0.406 e. The number of alkyl halides is 3. The van der Waals surface area contributed by atoms with E-state index < -0.39 is 18.6 Å². The Hall–Kier alpha value is -1.25. The van der Waals surface area contributed by atoms with Crippen molar-refractivity contribution in [2.45, 2.75) is 55.9 Å². The third kappa shape index (κ3) is 4.62. The number of nitrogens with one attached hydrogen (secondary N) is 1. The van der Waals surface area contributed by atoms with Crippen LogP contribution in [0.1, 0.15) is 44.3 Å². The molecule has 0 bridgehead atoms. The summed E-state index contributed by atoms with van der Waals surface area (Å²) in [6, 6.07) is -0.376. The van der Waals surface area contributed by atoms with Crippen molar-refractivity contribution in [2.24, 2.45) is 5.92 Å². The Morgan fingerprint density at radius 2 is 2.09 bits per heavy atom. The number of aromatic amines is 1. The molecule has 1 aromatic rings. The molecule has 1 aromatic heterocycles. The summed E-state index contributed by atoms with van der Waals surface area (Å²) < 4.78 is 38.2. The van der Waals surface area contributed by atoms with Gasteiger partial charge in [0, 0.05) is 12.0 Å². The zero-order chi connectivity index (χ0) is 16.6. The molecule has 1 heterocycles. The molecular formula is C14H19F3N4OS. The monoisotopic (exact) mass is 348 g/mol. The van der Waals surface area contributed by atoms with Crippen molar-refractivity contribution >= 4 is 17.7 Å². The van der Waals surface area contributed by atoms with Crippen LogP contribution in [0.5, 0.6) is 0 Å². The maximum absolute atomic E-state index is 12.7. The number of halogens is 3. The molecule has 0 saturated heterocycles. The molecule has 1 N–H and O–H groups in total. The van der Waals surface area contributed by atoms with Crippen LogP contribution in [-0.2, 0) is 4.79 Å². The predicted molar refractivity (Wildman–Crippen MR) is 79.0 cm³/mol. The third-order valence-electron chi connectivity index (χ3n) is 4.24. The van der Waals surface area contributed by atoms with Crippen LogP contribution >= 0.6 is 11.8 Å². The van der Waals surface area contributed by atoms with E-state index >= 15 is 0 Å². The van der Waals surface area contributed by atoms with Crippen LogP contribution in [0.25, 0.3) is 0 Å². The Morgan fingerprint density at radius 1 is 1.39 bits per heavy atom. The van der Waals surface area contributed by atoms with Gasteiger partial charge < -0.3 is 4.90 Å². The van der Waals surface area contributed by atoms with Crippen molar-refractivity contribution in [1.82, 2.24) is 20.1 Å². The fraction of sp³-hybridized carbons (Fsp3) is 0.786. The lowest BCUT2D eigenvalue weighted by molar-refractivity contribution is -0.164. The lowest BCUT2D eigenvalue weighted by atomic mass is 10.2. The largest absolute Gasteiger partial charge is 0.406 e. The second-order valence-electron chi connectivity index (χ2n) is 6.28. The lowest BCUT2D eigenvalue weighted by Gasteiger charge is -2.30. The van der Waals surface area contributed by atoms with E-state index in [1.807, 2.05) is 0 Å². The standard InChI is InChI=1S/C14H19F3N4OS/c1-8(9-2-3-9)21(7-14(15,16)17)11(22)6-23-13-18-12(19-20-13)10-4-5-10/h8-10H,2-7H2,1H3,(H,18,19,20)/t8-/m1/s1. The molecule has 1 atom stereocenters.